The molecule has 2 saturated heterocycles. The Kier molecular flexibility index (Phi) is 3.29. The van der Waals surface area contributed by atoms with Gasteiger partial charge in [0.25, 0.3) is 0 Å². The molecule has 2 aromatic rings. The fourth-order valence-electron chi connectivity index (χ4n) is 3.98. The molecule has 5 rings (SSSR count). The Morgan fingerprint density at radius 3 is 3.04 bits per heavy atom. The molecule has 2 atom stereocenters. The molecule has 128 valence electrons. The second-order valence-corrected chi connectivity index (χ2v) is 6.84. The molecule has 3 aliphatic heterocycles. The van der Waals surface area contributed by atoms with Crippen LogP contribution in [0.4, 0.5) is 5.69 Å². The second-order valence-electron chi connectivity index (χ2n) is 6.84. The van der Waals surface area contributed by atoms with E-state index in [1.807, 2.05) is 30.5 Å². The molecule has 1 amide bonds. The van der Waals surface area contributed by atoms with Gasteiger partial charge in [-0.05, 0) is 42.7 Å². The van der Waals surface area contributed by atoms with E-state index in [2.05, 4.69) is 21.3 Å². The van der Waals surface area contributed by atoms with Crippen molar-refractivity contribution in [3.63, 3.8) is 0 Å². The van der Waals surface area contributed by atoms with Crippen LogP contribution in [0.15, 0.2) is 36.5 Å². The largest absolute Gasteiger partial charge is 0.454 e. The lowest BCUT2D eigenvalue weighted by Crippen LogP contribution is -2.46. The molecule has 0 radical (unpaired) electrons. The van der Waals surface area contributed by atoms with E-state index in [9.17, 15) is 4.79 Å². The summed E-state index contributed by atoms with van der Waals surface area (Å²) in [7, 11) is 0. The zero-order chi connectivity index (χ0) is 16.8. The van der Waals surface area contributed by atoms with Crippen molar-refractivity contribution in [3.8, 4) is 22.8 Å². The summed E-state index contributed by atoms with van der Waals surface area (Å²) in [5.74, 6) is 2.21. The van der Waals surface area contributed by atoms with Gasteiger partial charge < -0.3 is 19.7 Å². The van der Waals surface area contributed by atoms with Gasteiger partial charge in [-0.25, -0.2) is 0 Å². The molecule has 0 spiro atoms. The molecule has 0 aliphatic carbocycles. The minimum Gasteiger partial charge on any atom is -0.454 e. The number of anilines is 1. The minimum absolute atomic E-state index is 0.188. The van der Waals surface area contributed by atoms with Gasteiger partial charge in [-0.2, -0.15) is 0 Å². The van der Waals surface area contributed by atoms with Crippen molar-refractivity contribution in [2.75, 3.05) is 24.8 Å². The molecule has 1 N–H and O–H groups in total. The first kappa shape index (κ1) is 14.6. The van der Waals surface area contributed by atoms with E-state index in [1.54, 1.807) is 0 Å². The van der Waals surface area contributed by atoms with Gasteiger partial charge in [-0.1, -0.05) is 0 Å². The van der Waals surface area contributed by atoms with Crippen LogP contribution in [0.1, 0.15) is 12.8 Å². The molecule has 0 unspecified atom stereocenters. The lowest BCUT2D eigenvalue weighted by Gasteiger charge is -2.36. The third-order valence-corrected chi connectivity index (χ3v) is 5.33. The smallest absolute Gasteiger partial charge is 0.231 e. The first-order valence-corrected chi connectivity index (χ1v) is 8.67. The van der Waals surface area contributed by atoms with E-state index in [-0.39, 0.29) is 18.7 Å². The Morgan fingerprint density at radius 1 is 1.16 bits per heavy atom. The first-order valence-electron chi connectivity index (χ1n) is 8.67. The molecule has 6 heteroatoms. The summed E-state index contributed by atoms with van der Waals surface area (Å²) in [6, 6.07) is 10.3. The van der Waals surface area contributed by atoms with Gasteiger partial charge in [0, 0.05) is 43.0 Å². The van der Waals surface area contributed by atoms with Crippen LogP contribution in [0.25, 0.3) is 11.3 Å². The third kappa shape index (κ3) is 2.58. The van der Waals surface area contributed by atoms with Gasteiger partial charge in [0.05, 0.1) is 5.69 Å². The number of aromatic nitrogens is 1. The molecule has 2 fully saturated rings. The summed E-state index contributed by atoms with van der Waals surface area (Å²) < 4.78 is 10.8. The quantitative estimate of drug-likeness (QED) is 0.910. The van der Waals surface area contributed by atoms with E-state index >= 15 is 0 Å². The Balaban J connectivity index is 1.41. The number of hydrogen-bond donors (Lipinski definition) is 1. The van der Waals surface area contributed by atoms with Crippen LogP contribution in [0.5, 0.6) is 11.5 Å². The Bertz CT molecular complexity index is 838. The van der Waals surface area contributed by atoms with E-state index < -0.39 is 0 Å². The van der Waals surface area contributed by atoms with Crippen LogP contribution in [0, 0.1) is 5.92 Å². The van der Waals surface area contributed by atoms with Crippen molar-refractivity contribution in [2.45, 2.75) is 18.9 Å². The average Bonchev–Trinajstić information content (AvgIpc) is 3.25. The monoisotopic (exact) mass is 337 g/mol. The van der Waals surface area contributed by atoms with Crippen LogP contribution in [-0.4, -0.2) is 36.8 Å². The van der Waals surface area contributed by atoms with Crippen molar-refractivity contribution in [2.24, 2.45) is 5.92 Å². The molecular weight excluding hydrogens is 318 g/mol. The standard InChI is InChI=1S/C19H19N3O3/c23-19-8-13-4-6-22(10-16(13)21-19)14-3-5-20-15(9-14)12-1-2-17-18(7-12)25-11-24-17/h1-3,5,7,9,13,16H,4,6,8,10-11H2,(H,21,23)/t13-,16-/m1/s1. The number of fused-ring (bicyclic) bond motifs is 2. The zero-order valence-electron chi connectivity index (χ0n) is 13.8. The van der Waals surface area contributed by atoms with E-state index in [0.29, 0.717) is 12.3 Å². The van der Waals surface area contributed by atoms with Gasteiger partial charge in [0.2, 0.25) is 12.7 Å². The molecule has 1 aromatic heterocycles. The van der Waals surface area contributed by atoms with Gasteiger partial charge in [-0.3, -0.25) is 9.78 Å². The van der Waals surface area contributed by atoms with Crippen molar-refractivity contribution < 1.29 is 14.3 Å². The Hall–Kier alpha value is -2.76. The summed E-state index contributed by atoms with van der Waals surface area (Å²) in [5, 5.41) is 3.10. The highest BCUT2D eigenvalue weighted by Crippen LogP contribution is 2.36. The van der Waals surface area contributed by atoms with Crippen LogP contribution in [0.2, 0.25) is 0 Å². The van der Waals surface area contributed by atoms with Crippen LogP contribution >= 0.6 is 0 Å². The highest BCUT2D eigenvalue weighted by molar-refractivity contribution is 5.79. The predicted molar refractivity (Wildman–Crippen MR) is 92.7 cm³/mol. The molecule has 4 heterocycles. The van der Waals surface area contributed by atoms with E-state index in [0.717, 1.165) is 48.0 Å². The van der Waals surface area contributed by atoms with Crippen LogP contribution < -0.4 is 19.7 Å². The average molecular weight is 337 g/mol. The lowest BCUT2D eigenvalue weighted by molar-refractivity contribution is -0.119. The SMILES string of the molecule is O=C1C[C@H]2CCN(c3ccnc(-c4ccc5c(c4)OCO5)c3)C[C@H]2N1. The maximum Gasteiger partial charge on any atom is 0.231 e. The molecule has 3 aliphatic rings. The molecule has 1 aromatic carbocycles. The Labute approximate surface area is 145 Å². The number of rotatable bonds is 2. The van der Waals surface area contributed by atoms with Crippen molar-refractivity contribution in [1.29, 1.82) is 0 Å². The number of benzene rings is 1. The van der Waals surface area contributed by atoms with E-state index in [4.69, 9.17) is 9.47 Å². The van der Waals surface area contributed by atoms with Gasteiger partial charge in [0.1, 0.15) is 0 Å². The summed E-state index contributed by atoms with van der Waals surface area (Å²) in [4.78, 5) is 18.5. The molecule has 25 heavy (non-hydrogen) atoms. The number of pyridine rings is 1. The van der Waals surface area contributed by atoms with Gasteiger partial charge in [0.15, 0.2) is 11.5 Å². The van der Waals surface area contributed by atoms with Crippen LogP contribution in [-0.2, 0) is 4.79 Å². The molecule has 0 bridgehead atoms. The molecular formula is C19H19N3O3. The maximum atomic E-state index is 11.6. The third-order valence-electron chi connectivity index (χ3n) is 5.33. The summed E-state index contributed by atoms with van der Waals surface area (Å²) in [5.41, 5.74) is 3.06. The summed E-state index contributed by atoms with van der Waals surface area (Å²) in [6.45, 7) is 2.11. The summed E-state index contributed by atoms with van der Waals surface area (Å²) >= 11 is 0. The van der Waals surface area contributed by atoms with Gasteiger partial charge in [-0.15, -0.1) is 0 Å². The molecule has 0 saturated carbocycles. The zero-order valence-corrected chi connectivity index (χ0v) is 13.8. The first-order chi connectivity index (χ1) is 12.3. The second kappa shape index (κ2) is 5.65. The fraction of sp³-hybridized carbons (Fsp3) is 0.368. The highest BCUT2D eigenvalue weighted by atomic mass is 16.7. The highest BCUT2D eigenvalue weighted by Gasteiger charge is 2.36. The number of nitrogens with zero attached hydrogens (tertiary/aromatic N) is 2. The van der Waals surface area contributed by atoms with Crippen LogP contribution in [0.3, 0.4) is 0 Å². The van der Waals surface area contributed by atoms with Crippen molar-refractivity contribution in [3.05, 3.63) is 36.5 Å². The number of hydrogen-bond acceptors (Lipinski definition) is 5. The minimum atomic E-state index is 0.188. The predicted octanol–water partition coefficient (Wildman–Crippen LogP) is 2.19. The summed E-state index contributed by atoms with van der Waals surface area (Å²) in [6.07, 6.45) is 3.57. The Morgan fingerprint density at radius 2 is 2.08 bits per heavy atom. The maximum absolute atomic E-state index is 11.6. The number of amides is 1. The van der Waals surface area contributed by atoms with Gasteiger partial charge >= 0.3 is 0 Å². The number of carbonyl (C=O) groups excluding carboxylic acids is 1. The fourth-order valence-corrected chi connectivity index (χ4v) is 3.98. The van der Waals surface area contributed by atoms with E-state index in [1.165, 1.54) is 0 Å². The van der Waals surface area contributed by atoms with Crippen molar-refractivity contribution in [1.82, 2.24) is 10.3 Å². The normalized spacial score (nSPS) is 24.2. The number of nitrogens with one attached hydrogen (secondary N) is 1. The number of carbonyl (C=O) groups is 1. The lowest BCUT2D eigenvalue weighted by atomic mass is 9.92. The number of ether oxygens (including phenoxy) is 2. The number of piperidine rings is 1. The topological polar surface area (TPSA) is 63.7 Å². The molecule has 6 nitrogen and oxygen atoms in total. The van der Waals surface area contributed by atoms with Crippen molar-refractivity contribution >= 4 is 11.6 Å².